The maximum atomic E-state index is 10.8. The number of aliphatic hydroxyl groups is 1. The third kappa shape index (κ3) is 1.89. The van der Waals surface area contributed by atoms with Crippen LogP contribution in [-0.2, 0) is 5.54 Å². The number of nitrogens with zero attached hydrogens (tertiary/aromatic N) is 1. The van der Waals surface area contributed by atoms with Gasteiger partial charge in [0.15, 0.2) is 0 Å². The zero-order valence-corrected chi connectivity index (χ0v) is 7.77. The molecule has 0 spiro atoms. The Hall–Kier alpha value is -1.46. The summed E-state index contributed by atoms with van der Waals surface area (Å²) < 4.78 is 0. The first-order valence-electron chi connectivity index (χ1n) is 4.06. The number of carboxylic acid groups (broad SMARTS) is 1. The summed E-state index contributed by atoms with van der Waals surface area (Å²) in [5, 5.41) is 17.9. The second-order valence-electron chi connectivity index (χ2n) is 3.30. The SMILES string of the molecule is C[C@@](N)(CO)c1ccncc1C(=O)O. The van der Waals surface area contributed by atoms with E-state index in [0.29, 0.717) is 5.56 Å². The van der Waals surface area contributed by atoms with Gasteiger partial charge in [-0.2, -0.15) is 0 Å². The second kappa shape index (κ2) is 3.73. The zero-order chi connectivity index (χ0) is 10.8. The molecule has 0 aliphatic heterocycles. The largest absolute Gasteiger partial charge is 0.478 e. The normalized spacial score (nSPS) is 14.8. The highest BCUT2D eigenvalue weighted by atomic mass is 16.4. The van der Waals surface area contributed by atoms with Gasteiger partial charge in [-0.3, -0.25) is 4.98 Å². The van der Waals surface area contributed by atoms with Crippen LogP contribution in [0.4, 0.5) is 0 Å². The fourth-order valence-corrected chi connectivity index (χ4v) is 1.15. The Kier molecular flexibility index (Phi) is 2.83. The Bertz CT molecular complexity index is 350. The molecule has 1 rings (SSSR count). The van der Waals surface area contributed by atoms with E-state index in [1.807, 2.05) is 0 Å². The molecule has 14 heavy (non-hydrogen) atoms. The second-order valence-corrected chi connectivity index (χ2v) is 3.30. The summed E-state index contributed by atoms with van der Waals surface area (Å²) >= 11 is 0. The summed E-state index contributed by atoms with van der Waals surface area (Å²) in [6, 6.07) is 1.50. The van der Waals surface area contributed by atoms with Crippen molar-refractivity contribution in [3.63, 3.8) is 0 Å². The summed E-state index contributed by atoms with van der Waals surface area (Å²) in [4.78, 5) is 14.5. The Morgan fingerprint density at radius 3 is 2.86 bits per heavy atom. The van der Waals surface area contributed by atoms with Gasteiger partial charge in [-0.15, -0.1) is 0 Å². The first kappa shape index (κ1) is 10.6. The number of pyridine rings is 1. The average molecular weight is 196 g/mol. The molecular weight excluding hydrogens is 184 g/mol. The van der Waals surface area contributed by atoms with E-state index in [1.54, 1.807) is 6.92 Å². The molecular formula is C9H12N2O3. The number of rotatable bonds is 3. The molecule has 4 N–H and O–H groups in total. The van der Waals surface area contributed by atoms with Gasteiger partial charge in [-0.25, -0.2) is 4.79 Å². The monoisotopic (exact) mass is 196 g/mol. The number of carbonyl (C=O) groups is 1. The van der Waals surface area contributed by atoms with Crippen molar-refractivity contribution >= 4 is 5.97 Å². The van der Waals surface area contributed by atoms with Crippen LogP contribution in [0.3, 0.4) is 0 Å². The molecule has 0 saturated carbocycles. The lowest BCUT2D eigenvalue weighted by atomic mass is 9.91. The van der Waals surface area contributed by atoms with E-state index in [4.69, 9.17) is 15.9 Å². The van der Waals surface area contributed by atoms with Crippen LogP contribution in [0.15, 0.2) is 18.5 Å². The van der Waals surface area contributed by atoms with Crippen molar-refractivity contribution in [3.8, 4) is 0 Å². The summed E-state index contributed by atoms with van der Waals surface area (Å²) in [5.41, 5.74) is 5.07. The van der Waals surface area contributed by atoms with E-state index in [9.17, 15) is 4.79 Å². The summed E-state index contributed by atoms with van der Waals surface area (Å²) in [6.07, 6.45) is 2.67. The number of hydrogen-bond donors (Lipinski definition) is 3. The molecule has 0 bridgehead atoms. The number of hydrogen-bond acceptors (Lipinski definition) is 4. The fourth-order valence-electron chi connectivity index (χ4n) is 1.15. The van der Waals surface area contributed by atoms with Gasteiger partial charge in [-0.1, -0.05) is 0 Å². The number of carboxylic acids is 1. The standard InChI is InChI=1S/C9H12N2O3/c1-9(10,5-12)7-2-3-11-4-6(7)8(13)14/h2-4,12H,5,10H2,1H3,(H,13,14)/t9-/m1/s1. The molecule has 0 radical (unpaired) electrons. The first-order chi connectivity index (χ1) is 6.49. The predicted octanol–water partition coefficient (Wildman–Crippen LogP) is -0.0540. The van der Waals surface area contributed by atoms with Crippen LogP contribution in [0.2, 0.25) is 0 Å². The molecule has 0 aliphatic carbocycles. The number of aromatic nitrogens is 1. The van der Waals surface area contributed by atoms with Crippen LogP contribution in [-0.4, -0.2) is 27.8 Å². The molecule has 76 valence electrons. The van der Waals surface area contributed by atoms with Crippen molar-refractivity contribution < 1.29 is 15.0 Å². The number of aromatic carboxylic acids is 1. The molecule has 5 nitrogen and oxygen atoms in total. The maximum absolute atomic E-state index is 10.8. The topological polar surface area (TPSA) is 96.4 Å². The fraction of sp³-hybridized carbons (Fsp3) is 0.333. The Morgan fingerprint density at radius 1 is 1.71 bits per heavy atom. The van der Waals surface area contributed by atoms with Gasteiger partial charge < -0.3 is 15.9 Å². The molecule has 0 aromatic carbocycles. The van der Waals surface area contributed by atoms with E-state index in [-0.39, 0.29) is 12.2 Å². The highest BCUT2D eigenvalue weighted by Crippen LogP contribution is 2.20. The van der Waals surface area contributed by atoms with Crippen LogP contribution >= 0.6 is 0 Å². The highest BCUT2D eigenvalue weighted by molar-refractivity contribution is 5.89. The van der Waals surface area contributed by atoms with Gasteiger partial charge in [0.2, 0.25) is 0 Å². The van der Waals surface area contributed by atoms with Gasteiger partial charge in [-0.05, 0) is 18.6 Å². The number of nitrogens with two attached hydrogens (primary N) is 1. The Morgan fingerprint density at radius 2 is 2.36 bits per heavy atom. The lowest BCUT2D eigenvalue weighted by Gasteiger charge is -2.23. The molecule has 5 heteroatoms. The molecule has 1 aromatic rings. The molecule has 0 unspecified atom stereocenters. The molecule has 0 saturated heterocycles. The molecule has 1 atom stereocenters. The van der Waals surface area contributed by atoms with Crippen LogP contribution in [0.1, 0.15) is 22.8 Å². The van der Waals surface area contributed by atoms with E-state index in [1.165, 1.54) is 18.5 Å². The first-order valence-corrected chi connectivity index (χ1v) is 4.06. The maximum Gasteiger partial charge on any atom is 0.337 e. The van der Waals surface area contributed by atoms with Gasteiger partial charge in [0.05, 0.1) is 17.7 Å². The Balaban J connectivity index is 3.27. The van der Waals surface area contributed by atoms with Crippen molar-refractivity contribution in [2.24, 2.45) is 5.73 Å². The predicted molar refractivity (Wildman–Crippen MR) is 49.8 cm³/mol. The summed E-state index contributed by atoms with van der Waals surface area (Å²) in [6.45, 7) is 1.24. The highest BCUT2D eigenvalue weighted by Gasteiger charge is 2.25. The summed E-state index contributed by atoms with van der Waals surface area (Å²) in [7, 11) is 0. The van der Waals surface area contributed by atoms with Crippen molar-refractivity contribution in [1.82, 2.24) is 4.98 Å². The quantitative estimate of drug-likeness (QED) is 0.629. The van der Waals surface area contributed by atoms with Crippen LogP contribution < -0.4 is 5.73 Å². The van der Waals surface area contributed by atoms with Crippen molar-refractivity contribution in [1.29, 1.82) is 0 Å². The van der Waals surface area contributed by atoms with Crippen molar-refractivity contribution in [2.75, 3.05) is 6.61 Å². The minimum atomic E-state index is -1.10. The van der Waals surface area contributed by atoms with E-state index < -0.39 is 11.5 Å². The molecule has 0 amide bonds. The molecule has 1 heterocycles. The summed E-state index contributed by atoms with van der Waals surface area (Å²) in [5.74, 6) is -1.10. The van der Waals surface area contributed by atoms with Gasteiger partial charge in [0.25, 0.3) is 0 Å². The van der Waals surface area contributed by atoms with E-state index in [2.05, 4.69) is 4.98 Å². The third-order valence-electron chi connectivity index (χ3n) is 2.00. The van der Waals surface area contributed by atoms with Gasteiger partial charge >= 0.3 is 5.97 Å². The molecule has 0 aliphatic rings. The molecule has 1 aromatic heterocycles. The minimum absolute atomic E-state index is 0.0200. The Labute approximate surface area is 81.2 Å². The third-order valence-corrected chi connectivity index (χ3v) is 2.00. The van der Waals surface area contributed by atoms with Gasteiger partial charge in [0, 0.05) is 12.4 Å². The minimum Gasteiger partial charge on any atom is -0.478 e. The van der Waals surface area contributed by atoms with E-state index in [0.717, 1.165) is 0 Å². The van der Waals surface area contributed by atoms with Crippen LogP contribution in [0.25, 0.3) is 0 Å². The van der Waals surface area contributed by atoms with Crippen molar-refractivity contribution in [3.05, 3.63) is 29.6 Å². The molecule has 0 fully saturated rings. The lowest BCUT2D eigenvalue weighted by Crippen LogP contribution is -2.38. The zero-order valence-electron chi connectivity index (χ0n) is 7.77. The smallest absolute Gasteiger partial charge is 0.337 e. The van der Waals surface area contributed by atoms with Crippen LogP contribution in [0, 0.1) is 0 Å². The average Bonchev–Trinajstić information content (AvgIpc) is 2.18. The number of aliphatic hydroxyl groups excluding tert-OH is 1. The van der Waals surface area contributed by atoms with Gasteiger partial charge in [0.1, 0.15) is 0 Å². The van der Waals surface area contributed by atoms with Crippen LogP contribution in [0.5, 0.6) is 0 Å². The van der Waals surface area contributed by atoms with Crippen molar-refractivity contribution in [2.45, 2.75) is 12.5 Å². The van der Waals surface area contributed by atoms with E-state index >= 15 is 0 Å². The lowest BCUT2D eigenvalue weighted by molar-refractivity contribution is 0.0692.